The molecule has 1 aromatic carbocycles. The molecule has 0 aliphatic carbocycles. The Bertz CT molecular complexity index is 1280. The van der Waals surface area contributed by atoms with E-state index in [1.54, 1.807) is 12.1 Å². The topological polar surface area (TPSA) is 104 Å². The molecule has 2 aromatic heterocycles. The van der Waals surface area contributed by atoms with Crippen LogP contribution in [0.25, 0.3) is 0 Å². The first-order valence-electron chi connectivity index (χ1n) is 11.5. The summed E-state index contributed by atoms with van der Waals surface area (Å²) in [5, 5.41) is 8.47. The fourth-order valence-electron chi connectivity index (χ4n) is 3.59. The van der Waals surface area contributed by atoms with Crippen molar-refractivity contribution in [3.05, 3.63) is 66.4 Å². The van der Waals surface area contributed by atoms with Gasteiger partial charge in [0.15, 0.2) is 0 Å². The predicted octanol–water partition coefficient (Wildman–Crippen LogP) is 5.75. The number of nitrogens with one attached hydrogen (secondary N) is 2. The number of halogens is 3. The standard InChI is InChI=1S/C25H29Cl3N6O2S/c1-5-16-21(29)18(27)10-17(24(35)31-19-7-6-15(26)11-30-19)22(16)32-25(36)23-20(28)14(13-37-23)12-34(4)9-8-33(2)3/h6-7,10-11,13H,5,8-9,12,29H2,1-4H3,(H,32,36)(H,30,31,35). The Balaban J connectivity index is 1.89. The molecule has 3 aromatic rings. The molecule has 0 saturated carbocycles. The number of nitrogens with two attached hydrogens (primary N) is 1. The third kappa shape index (κ3) is 7.34. The molecule has 0 radical (unpaired) electrons. The van der Waals surface area contributed by atoms with E-state index in [1.807, 2.05) is 33.4 Å². The number of carbonyl (C=O) groups excluding carboxylic acids is 2. The minimum Gasteiger partial charge on any atom is -0.397 e. The fraction of sp³-hybridized carbons (Fsp3) is 0.320. The second-order valence-corrected chi connectivity index (χ2v) is 10.8. The molecule has 0 unspecified atom stereocenters. The maximum Gasteiger partial charge on any atom is 0.267 e. The molecule has 4 N–H and O–H groups in total. The molecule has 3 rings (SSSR count). The molecule has 0 aliphatic heterocycles. The molecule has 0 saturated heterocycles. The number of nitrogens with zero attached hydrogens (tertiary/aromatic N) is 3. The van der Waals surface area contributed by atoms with Gasteiger partial charge in [0.1, 0.15) is 10.7 Å². The number of anilines is 3. The number of carbonyl (C=O) groups is 2. The van der Waals surface area contributed by atoms with Crippen LogP contribution in [-0.4, -0.2) is 60.8 Å². The minimum absolute atomic E-state index is 0.150. The Hall–Kier alpha value is -2.40. The fourth-order valence-corrected chi connectivity index (χ4v) is 5.17. The Morgan fingerprint density at radius 3 is 2.43 bits per heavy atom. The van der Waals surface area contributed by atoms with Crippen LogP contribution in [0, 0.1) is 0 Å². The number of benzene rings is 1. The van der Waals surface area contributed by atoms with Crippen LogP contribution in [0.3, 0.4) is 0 Å². The van der Waals surface area contributed by atoms with Gasteiger partial charge in [-0.3, -0.25) is 9.59 Å². The summed E-state index contributed by atoms with van der Waals surface area (Å²) in [5.41, 5.74) is 8.33. The number of pyridine rings is 1. The second-order valence-electron chi connectivity index (χ2n) is 8.74. The van der Waals surface area contributed by atoms with Crippen LogP contribution in [0.2, 0.25) is 15.1 Å². The first-order chi connectivity index (χ1) is 17.5. The highest BCUT2D eigenvalue weighted by Gasteiger charge is 2.24. The van der Waals surface area contributed by atoms with Crippen molar-refractivity contribution in [1.29, 1.82) is 0 Å². The van der Waals surface area contributed by atoms with Gasteiger partial charge in [-0.1, -0.05) is 41.7 Å². The maximum absolute atomic E-state index is 13.3. The molecular weight excluding hydrogens is 555 g/mol. The maximum atomic E-state index is 13.3. The Morgan fingerprint density at radius 1 is 1.08 bits per heavy atom. The molecule has 12 heteroatoms. The van der Waals surface area contributed by atoms with E-state index in [0.29, 0.717) is 45.0 Å². The highest BCUT2D eigenvalue weighted by Crippen LogP contribution is 2.36. The molecule has 0 bridgehead atoms. The third-order valence-corrected chi connectivity index (χ3v) is 7.71. The number of likely N-dealkylation sites (N-methyl/N-ethyl adjacent to an activating group) is 2. The highest BCUT2D eigenvalue weighted by atomic mass is 35.5. The molecule has 0 aliphatic rings. The van der Waals surface area contributed by atoms with Gasteiger partial charge in [0.05, 0.1) is 32.0 Å². The number of hydrogen-bond donors (Lipinski definition) is 3. The number of thiophene rings is 1. The lowest BCUT2D eigenvalue weighted by molar-refractivity contribution is 0.102. The number of hydrogen-bond acceptors (Lipinski definition) is 7. The summed E-state index contributed by atoms with van der Waals surface area (Å²) < 4.78 is 0. The van der Waals surface area contributed by atoms with Gasteiger partial charge in [0, 0.05) is 31.4 Å². The molecule has 0 spiro atoms. The van der Waals surface area contributed by atoms with Crippen LogP contribution in [0.15, 0.2) is 29.8 Å². The largest absolute Gasteiger partial charge is 0.397 e. The van der Waals surface area contributed by atoms with Gasteiger partial charge < -0.3 is 26.2 Å². The van der Waals surface area contributed by atoms with Gasteiger partial charge in [0.25, 0.3) is 11.8 Å². The molecule has 0 fully saturated rings. The minimum atomic E-state index is -0.512. The van der Waals surface area contributed by atoms with E-state index in [9.17, 15) is 9.59 Å². The van der Waals surface area contributed by atoms with Crippen LogP contribution in [0.5, 0.6) is 0 Å². The Kier molecular flexibility index (Phi) is 10.2. The third-order valence-electron chi connectivity index (χ3n) is 5.61. The van der Waals surface area contributed by atoms with E-state index in [2.05, 4.69) is 25.4 Å². The summed E-state index contributed by atoms with van der Waals surface area (Å²) in [6.45, 7) is 4.22. The van der Waals surface area contributed by atoms with Gasteiger partial charge in [-0.25, -0.2) is 4.98 Å². The second kappa shape index (κ2) is 12.9. The molecule has 2 amide bonds. The summed E-state index contributed by atoms with van der Waals surface area (Å²) in [5.74, 6) is -0.656. The Labute approximate surface area is 235 Å². The zero-order chi connectivity index (χ0) is 27.3. The van der Waals surface area contributed by atoms with Gasteiger partial charge in [-0.2, -0.15) is 0 Å². The summed E-state index contributed by atoms with van der Waals surface area (Å²) in [6.07, 6.45) is 1.85. The average Bonchev–Trinajstić information content (AvgIpc) is 3.21. The summed E-state index contributed by atoms with van der Waals surface area (Å²) >= 11 is 20.1. The molecule has 2 heterocycles. The number of aromatic nitrogens is 1. The van der Waals surface area contributed by atoms with Gasteiger partial charge >= 0.3 is 0 Å². The zero-order valence-corrected chi connectivity index (χ0v) is 24.1. The summed E-state index contributed by atoms with van der Waals surface area (Å²) in [7, 11) is 6.03. The van der Waals surface area contributed by atoms with Gasteiger partial charge in [-0.05, 0) is 56.7 Å². The van der Waals surface area contributed by atoms with Crippen molar-refractivity contribution in [3.63, 3.8) is 0 Å². The van der Waals surface area contributed by atoms with Crippen molar-refractivity contribution >= 4 is 75.1 Å². The van der Waals surface area contributed by atoms with Crippen molar-refractivity contribution < 1.29 is 9.59 Å². The van der Waals surface area contributed by atoms with E-state index in [0.717, 1.165) is 18.7 Å². The van der Waals surface area contributed by atoms with E-state index in [1.165, 1.54) is 23.6 Å². The first-order valence-corrected chi connectivity index (χ1v) is 13.5. The Morgan fingerprint density at radius 2 is 1.81 bits per heavy atom. The molecule has 198 valence electrons. The lowest BCUT2D eigenvalue weighted by Crippen LogP contribution is -2.28. The van der Waals surface area contributed by atoms with Crippen molar-refractivity contribution in [2.24, 2.45) is 0 Å². The van der Waals surface area contributed by atoms with E-state index >= 15 is 0 Å². The van der Waals surface area contributed by atoms with Crippen LogP contribution in [0.1, 0.15) is 38.1 Å². The predicted molar refractivity (Wildman–Crippen MR) is 155 cm³/mol. The van der Waals surface area contributed by atoms with Crippen LogP contribution in [0.4, 0.5) is 17.2 Å². The lowest BCUT2D eigenvalue weighted by atomic mass is 10.0. The van der Waals surface area contributed by atoms with E-state index in [4.69, 9.17) is 40.5 Å². The zero-order valence-electron chi connectivity index (χ0n) is 21.0. The first kappa shape index (κ1) is 29.2. The van der Waals surface area contributed by atoms with Crippen LogP contribution >= 0.6 is 46.1 Å². The number of nitrogen functional groups attached to an aromatic ring is 1. The number of amides is 2. The quantitative estimate of drug-likeness (QED) is 0.263. The molecular formula is C25H29Cl3N6O2S. The van der Waals surface area contributed by atoms with Crippen molar-refractivity contribution in [2.75, 3.05) is 50.6 Å². The van der Waals surface area contributed by atoms with Crippen molar-refractivity contribution in [2.45, 2.75) is 19.9 Å². The average molecular weight is 584 g/mol. The smallest absolute Gasteiger partial charge is 0.267 e. The van der Waals surface area contributed by atoms with Gasteiger partial charge in [0.2, 0.25) is 0 Å². The van der Waals surface area contributed by atoms with Crippen LogP contribution < -0.4 is 16.4 Å². The van der Waals surface area contributed by atoms with Crippen LogP contribution in [-0.2, 0) is 13.0 Å². The molecule has 0 atom stereocenters. The van der Waals surface area contributed by atoms with Crippen molar-refractivity contribution in [1.82, 2.24) is 14.8 Å². The normalized spacial score (nSPS) is 11.3. The van der Waals surface area contributed by atoms with E-state index in [-0.39, 0.29) is 16.3 Å². The SMILES string of the molecule is CCc1c(N)c(Cl)cc(C(=O)Nc2ccc(Cl)cn2)c1NC(=O)c1scc(CN(C)CCN(C)C)c1Cl. The van der Waals surface area contributed by atoms with E-state index < -0.39 is 11.8 Å². The monoisotopic (exact) mass is 582 g/mol. The van der Waals surface area contributed by atoms with Gasteiger partial charge in [-0.15, -0.1) is 11.3 Å². The molecule has 37 heavy (non-hydrogen) atoms. The van der Waals surface area contributed by atoms with Crippen molar-refractivity contribution in [3.8, 4) is 0 Å². The summed E-state index contributed by atoms with van der Waals surface area (Å²) in [4.78, 5) is 35.2. The summed E-state index contributed by atoms with van der Waals surface area (Å²) in [6, 6.07) is 4.60. The molecule has 8 nitrogen and oxygen atoms in total. The number of rotatable bonds is 10. The lowest BCUT2D eigenvalue weighted by Gasteiger charge is -2.19. The highest BCUT2D eigenvalue weighted by molar-refractivity contribution is 7.13.